The van der Waals surface area contributed by atoms with Crippen molar-refractivity contribution in [1.82, 2.24) is 4.90 Å². The average molecular weight is 292 g/mol. The van der Waals surface area contributed by atoms with Crippen LogP contribution in [0, 0.1) is 5.41 Å². The largest absolute Gasteiger partial charge is 0.469 e. The van der Waals surface area contributed by atoms with Gasteiger partial charge in [0.05, 0.1) is 13.5 Å². The predicted octanol–water partition coefficient (Wildman–Crippen LogP) is 2.21. The molecule has 1 aromatic rings. The molecule has 0 aliphatic rings. The molecule has 1 aromatic carbocycles. The van der Waals surface area contributed by atoms with Gasteiger partial charge in [0.15, 0.2) is 0 Å². The van der Waals surface area contributed by atoms with Crippen LogP contribution in [0.4, 0.5) is 0 Å². The first-order valence-corrected chi connectivity index (χ1v) is 7.48. The summed E-state index contributed by atoms with van der Waals surface area (Å²) in [6, 6.07) is 8.05. The van der Waals surface area contributed by atoms with Crippen LogP contribution >= 0.6 is 0 Å². The minimum absolute atomic E-state index is 0.0906. The van der Waals surface area contributed by atoms with Gasteiger partial charge in [0.1, 0.15) is 0 Å². The second-order valence-corrected chi connectivity index (χ2v) is 6.19. The number of hydrogen-bond acceptors (Lipinski definition) is 4. The molecular formula is C17H28N2O2. The lowest BCUT2D eigenvalue weighted by atomic mass is 9.92. The molecule has 0 aromatic heterocycles. The summed E-state index contributed by atoms with van der Waals surface area (Å²) in [6.07, 6.45) is 0.324. The fraction of sp³-hybridized carbons (Fsp3) is 0.588. The van der Waals surface area contributed by atoms with Gasteiger partial charge in [0.25, 0.3) is 0 Å². The highest BCUT2D eigenvalue weighted by molar-refractivity contribution is 5.72. The number of rotatable bonds is 8. The third kappa shape index (κ3) is 5.86. The van der Waals surface area contributed by atoms with E-state index in [2.05, 4.69) is 31.7 Å². The third-order valence-electron chi connectivity index (χ3n) is 3.73. The van der Waals surface area contributed by atoms with Crippen LogP contribution in [-0.4, -0.2) is 37.6 Å². The van der Waals surface area contributed by atoms with Crippen molar-refractivity contribution in [3.8, 4) is 0 Å². The normalized spacial score (nSPS) is 11.7. The molecule has 0 saturated heterocycles. The highest BCUT2D eigenvalue weighted by Gasteiger charge is 2.20. The van der Waals surface area contributed by atoms with Crippen molar-refractivity contribution in [3.63, 3.8) is 0 Å². The smallest absolute Gasteiger partial charge is 0.309 e. The minimum Gasteiger partial charge on any atom is -0.469 e. The molecule has 0 aliphatic heterocycles. The van der Waals surface area contributed by atoms with Gasteiger partial charge in [0.2, 0.25) is 0 Å². The van der Waals surface area contributed by atoms with Gasteiger partial charge in [-0.3, -0.25) is 9.69 Å². The summed E-state index contributed by atoms with van der Waals surface area (Å²) in [5.41, 5.74) is 8.13. The molecule has 0 spiro atoms. The molecule has 0 saturated carbocycles. The molecule has 0 fully saturated rings. The molecule has 0 aliphatic carbocycles. The van der Waals surface area contributed by atoms with Gasteiger partial charge in [-0.05, 0) is 29.6 Å². The first-order chi connectivity index (χ1) is 9.91. The molecule has 0 radical (unpaired) electrons. The van der Waals surface area contributed by atoms with Crippen molar-refractivity contribution in [2.45, 2.75) is 33.7 Å². The zero-order valence-corrected chi connectivity index (χ0v) is 13.7. The number of hydrogen-bond donors (Lipinski definition) is 1. The average Bonchev–Trinajstić information content (AvgIpc) is 2.48. The maximum atomic E-state index is 11.5. The minimum atomic E-state index is -0.201. The Hall–Kier alpha value is -1.39. The first-order valence-electron chi connectivity index (χ1n) is 7.48. The highest BCUT2D eigenvalue weighted by Crippen LogP contribution is 2.18. The van der Waals surface area contributed by atoms with Crippen LogP contribution in [0.2, 0.25) is 0 Å². The summed E-state index contributed by atoms with van der Waals surface area (Å²) >= 11 is 0. The van der Waals surface area contributed by atoms with Crippen LogP contribution in [0.1, 0.15) is 31.9 Å². The van der Waals surface area contributed by atoms with Gasteiger partial charge in [-0.25, -0.2) is 0 Å². The maximum Gasteiger partial charge on any atom is 0.309 e. The summed E-state index contributed by atoms with van der Waals surface area (Å²) < 4.78 is 4.77. The van der Waals surface area contributed by atoms with E-state index in [0.29, 0.717) is 13.0 Å². The Bertz CT molecular complexity index is 458. The molecule has 0 heterocycles. The Balaban J connectivity index is 2.82. The number of ether oxygens (including phenoxy) is 1. The lowest BCUT2D eigenvalue weighted by Gasteiger charge is -2.31. The summed E-state index contributed by atoms with van der Waals surface area (Å²) in [7, 11) is 1.42. The number of nitrogens with zero attached hydrogens (tertiary/aromatic N) is 1. The van der Waals surface area contributed by atoms with Gasteiger partial charge in [0, 0.05) is 13.1 Å². The van der Waals surface area contributed by atoms with Crippen molar-refractivity contribution >= 4 is 5.97 Å². The van der Waals surface area contributed by atoms with E-state index in [9.17, 15) is 4.79 Å². The fourth-order valence-corrected chi connectivity index (χ4v) is 2.30. The summed E-state index contributed by atoms with van der Waals surface area (Å²) in [5, 5.41) is 0. The SMILES string of the molecule is CCN(Cc1ccccc1CC(=O)OC)CC(C)(C)CN. The van der Waals surface area contributed by atoms with Crippen molar-refractivity contribution < 1.29 is 9.53 Å². The molecule has 4 nitrogen and oxygen atoms in total. The Kier molecular flexibility index (Phi) is 6.85. The molecule has 0 unspecified atom stereocenters. The first kappa shape index (κ1) is 17.7. The Morgan fingerprint density at radius 1 is 1.29 bits per heavy atom. The molecule has 0 amide bonds. The zero-order chi connectivity index (χ0) is 15.9. The van der Waals surface area contributed by atoms with E-state index in [1.807, 2.05) is 18.2 Å². The van der Waals surface area contributed by atoms with Crippen molar-refractivity contribution in [2.75, 3.05) is 26.7 Å². The fourth-order valence-electron chi connectivity index (χ4n) is 2.30. The standard InChI is InChI=1S/C17H28N2O2/c1-5-19(13-17(2,3)12-18)11-15-9-7-6-8-14(15)10-16(20)21-4/h6-9H,5,10-13,18H2,1-4H3. The molecule has 118 valence electrons. The van der Waals surface area contributed by atoms with Crippen LogP contribution in [0.5, 0.6) is 0 Å². The monoisotopic (exact) mass is 292 g/mol. The summed E-state index contributed by atoms with van der Waals surface area (Å²) in [6.45, 7) is 9.88. The predicted molar refractivity (Wildman–Crippen MR) is 85.9 cm³/mol. The van der Waals surface area contributed by atoms with E-state index in [4.69, 9.17) is 10.5 Å². The van der Waals surface area contributed by atoms with E-state index in [0.717, 1.165) is 25.2 Å². The summed E-state index contributed by atoms with van der Waals surface area (Å²) in [5.74, 6) is -0.201. The Labute approximate surface area is 128 Å². The number of carbonyl (C=O) groups excluding carboxylic acids is 1. The van der Waals surface area contributed by atoms with Gasteiger partial charge >= 0.3 is 5.97 Å². The molecule has 0 atom stereocenters. The second-order valence-electron chi connectivity index (χ2n) is 6.19. The Morgan fingerprint density at radius 2 is 1.90 bits per heavy atom. The van der Waals surface area contributed by atoms with Gasteiger partial charge in [-0.15, -0.1) is 0 Å². The zero-order valence-electron chi connectivity index (χ0n) is 13.7. The second kappa shape index (κ2) is 8.15. The van der Waals surface area contributed by atoms with Crippen LogP contribution in [0.15, 0.2) is 24.3 Å². The van der Waals surface area contributed by atoms with Crippen LogP contribution in [0.3, 0.4) is 0 Å². The molecule has 0 bridgehead atoms. The van der Waals surface area contributed by atoms with E-state index in [-0.39, 0.29) is 11.4 Å². The van der Waals surface area contributed by atoms with Gasteiger partial charge in [-0.2, -0.15) is 0 Å². The number of esters is 1. The highest BCUT2D eigenvalue weighted by atomic mass is 16.5. The quantitative estimate of drug-likeness (QED) is 0.746. The van der Waals surface area contributed by atoms with Crippen LogP contribution < -0.4 is 5.73 Å². The molecule has 4 heteroatoms. The van der Waals surface area contributed by atoms with E-state index in [1.54, 1.807) is 0 Å². The van der Waals surface area contributed by atoms with Crippen LogP contribution in [0.25, 0.3) is 0 Å². The van der Waals surface area contributed by atoms with E-state index >= 15 is 0 Å². The third-order valence-corrected chi connectivity index (χ3v) is 3.73. The Morgan fingerprint density at radius 3 is 2.43 bits per heavy atom. The van der Waals surface area contributed by atoms with Crippen LogP contribution in [-0.2, 0) is 22.5 Å². The van der Waals surface area contributed by atoms with Crippen molar-refractivity contribution in [2.24, 2.45) is 11.1 Å². The molecule has 2 N–H and O–H groups in total. The lowest BCUT2D eigenvalue weighted by Crippen LogP contribution is -2.38. The van der Waals surface area contributed by atoms with E-state index in [1.165, 1.54) is 12.7 Å². The number of carbonyl (C=O) groups is 1. The number of methoxy groups -OCH3 is 1. The number of benzene rings is 1. The van der Waals surface area contributed by atoms with Gasteiger partial charge < -0.3 is 10.5 Å². The molecular weight excluding hydrogens is 264 g/mol. The van der Waals surface area contributed by atoms with Crippen molar-refractivity contribution in [3.05, 3.63) is 35.4 Å². The maximum absolute atomic E-state index is 11.5. The lowest BCUT2D eigenvalue weighted by molar-refractivity contribution is -0.139. The van der Waals surface area contributed by atoms with Gasteiger partial charge in [-0.1, -0.05) is 45.0 Å². The topological polar surface area (TPSA) is 55.6 Å². The van der Waals surface area contributed by atoms with Crippen molar-refractivity contribution in [1.29, 1.82) is 0 Å². The molecule has 1 rings (SSSR count). The molecule has 21 heavy (non-hydrogen) atoms. The summed E-state index contributed by atoms with van der Waals surface area (Å²) in [4.78, 5) is 13.9. The number of nitrogens with two attached hydrogens (primary N) is 1. The van der Waals surface area contributed by atoms with E-state index < -0.39 is 0 Å².